The molecule has 0 spiro atoms. The highest BCUT2D eigenvalue weighted by molar-refractivity contribution is 6.31. The Balaban J connectivity index is 1.74. The van der Waals surface area contributed by atoms with Gasteiger partial charge in [-0.2, -0.15) is 5.10 Å². The second-order valence-corrected chi connectivity index (χ2v) is 7.75. The zero-order valence-corrected chi connectivity index (χ0v) is 17.8. The van der Waals surface area contributed by atoms with E-state index in [0.29, 0.717) is 34.4 Å². The largest absolute Gasteiger partial charge is 0.495 e. The maximum Gasteiger partial charge on any atom is 0.258 e. The standard InChI is InChI=1S/C21H22ClN5O3/c1-12-9-13(2)27(25-12)21-24-16-6-4-5-15(16)20(29)26(21)11-19(28)23-17-10-14(22)7-8-18(17)30-3/h7-10H,4-6,11H2,1-3H3,(H,23,28). The van der Waals surface area contributed by atoms with E-state index in [0.717, 1.165) is 29.9 Å². The predicted octanol–water partition coefficient (Wildman–Crippen LogP) is 2.84. The molecule has 1 aliphatic rings. The number of aryl methyl sites for hydroxylation is 3. The Kier molecular flexibility index (Phi) is 5.34. The van der Waals surface area contributed by atoms with E-state index >= 15 is 0 Å². The molecular weight excluding hydrogens is 406 g/mol. The van der Waals surface area contributed by atoms with Crippen molar-refractivity contribution >= 4 is 23.2 Å². The van der Waals surface area contributed by atoms with Crippen LogP contribution in [0.1, 0.15) is 29.1 Å². The lowest BCUT2D eigenvalue weighted by atomic mass is 10.2. The maximum atomic E-state index is 13.2. The third-order valence-corrected chi connectivity index (χ3v) is 5.34. The molecule has 4 rings (SSSR count). The zero-order valence-electron chi connectivity index (χ0n) is 17.0. The number of nitrogens with zero attached hydrogens (tertiary/aromatic N) is 4. The quantitative estimate of drug-likeness (QED) is 0.676. The third kappa shape index (κ3) is 3.70. The molecule has 0 saturated carbocycles. The Morgan fingerprint density at radius 2 is 2.07 bits per heavy atom. The summed E-state index contributed by atoms with van der Waals surface area (Å²) in [6.45, 7) is 3.56. The van der Waals surface area contributed by atoms with Gasteiger partial charge in [-0.1, -0.05) is 11.6 Å². The number of anilines is 1. The number of halogens is 1. The first kappa shape index (κ1) is 20.2. The number of nitrogens with one attached hydrogen (secondary N) is 1. The first-order valence-electron chi connectivity index (χ1n) is 9.67. The number of methoxy groups -OCH3 is 1. The highest BCUT2D eigenvalue weighted by Gasteiger charge is 2.24. The fourth-order valence-electron chi connectivity index (χ4n) is 3.76. The summed E-state index contributed by atoms with van der Waals surface area (Å²) in [6, 6.07) is 6.85. The lowest BCUT2D eigenvalue weighted by Gasteiger charge is -2.16. The molecule has 1 amide bonds. The number of amides is 1. The first-order valence-corrected chi connectivity index (χ1v) is 10.0. The molecule has 1 aromatic carbocycles. The van der Waals surface area contributed by atoms with Crippen molar-refractivity contribution in [3.63, 3.8) is 0 Å². The SMILES string of the molecule is COc1ccc(Cl)cc1NC(=O)Cn1c(-n2nc(C)cc2C)nc2c(c1=O)CCC2. The van der Waals surface area contributed by atoms with Gasteiger partial charge in [-0.15, -0.1) is 0 Å². The maximum absolute atomic E-state index is 13.2. The van der Waals surface area contributed by atoms with Gasteiger partial charge >= 0.3 is 0 Å². The lowest BCUT2D eigenvalue weighted by molar-refractivity contribution is -0.116. The van der Waals surface area contributed by atoms with Crippen molar-refractivity contribution < 1.29 is 9.53 Å². The fraction of sp³-hybridized carbons (Fsp3) is 0.333. The summed E-state index contributed by atoms with van der Waals surface area (Å²) in [5, 5.41) is 7.71. The van der Waals surface area contributed by atoms with Crippen molar-refractivity contribution in [2.45, 2.75) is 39.7 Å². The van der Waals surface area contributed by atoms with Crippen LogP contribution in [0, 0.1) is 13.8 Å². The monoisotopic (exact) mass is 427 g/mol. The first-order chi connectivity index (χ1) is 14.4. The summed E-state index contributed by atoms with van der Waals surface area (Å²) in [5.74, 6) is 0.436. The Bertz CT molecular complexity index is 1200. The second kappa shape index (κ2) is 7.95. The van der Waals surface area contributed by atoms with E-state index in [1.807, 2.05) is 19.9 Å². The van der Waals surface area contributed by atoms with Gasteiger partial charge in [-0.05, 0) is 57.4 Å². The van der Waals surface area contributed by atoms with Crippen molar-refractivity contribution in [2.75, 3.05) is 12.4 Å². The topological polar surface area (TPSA) is 91.0 Å². The number of ether oxygens (including phenoxy) is 1. The normalized spacial score (nSPS) is 12.7. The summed E-state index contributed by atoms with van der Waals surface area (Å²) in [4.78, 5) is 30.8. The van der Waals surface area contributed by atoms with Gasteiger partial charge in [0.2, 0.25) is 11.9 Å². The Morgan fingerprint density at radius 3 is 2.77 bits per heavy atom. The molecule has 30 heavy (non-hydrogen) atoms. The molecular formula is C21H22ClN5O3. The van der Waals surface area contributed by atoms with Gasteiger partial charge in [0, 0.05) is 16.3 Å². The van der Waals surface area contributed by atoms with Crippen LogP contribution in [0.3, 0.4) is 0 Å². The van der Waals surface area contributed by atoms with E-state index in [4.69, 9.17) is 21.3 Å². The molecule has 2 heterocycles. The van der Waals surface area contributed by atoms with E-state index in [-0.39, 0.29) is 18.0 Å². The number of carbonyl (C=O) groups is 1. The van der Waals surface area contributed by atoms with Gasteiger partial charge in [0.05, 0.1) is 24.2 Å². The number of hydrogen-bond donors (Lipinski definition) is 1. The molecule has 0 aliphatic heterocycles. The van der Waals surface area contributed by atoms with E-state index in [1.54, 1.807) is 22.9 Å². The van der Waals surface area contributed by atoms with Crippen molar-refractivity contribution in [1.29, 1.82) is 0 Å². The third-order valence-electron chi connectivity index (χ3n) is 5.10. The van der Waals surface area contributed by atoms with Gasteiger partial charge < -0.3 is 10.1 Å². The summed E-state index contributed by atoms with van der Waals surface area (Å²) in [5.41, 5.74) is 3.34. The van der Waals surface area contributed by atoms with Crippen LogP contribution in [-0.4, -0.2) is 32.3 Å². The number of hydrogen-bond acceptors (Lipinski definition) is 5. The van der Waals surface area contributed by atoms with E-state index < -0.39 is 0 Å². The Morgan fingerprint density at radius 1 is 1.27 bits per heavy atom. The number of aromatic nitrogens is 4. The molecule has 8 nitrogen and oxygen atoms in total. The van der Waals surface area contributed by atoms with Crippen LogP contribution in [0.5, 0.6) is 5.75 Å². The van der Waals surface area contributed by atoms with Crippen molar-refractivity contribution in [3.05, 3.63) is 62.3 Å². The van der Waals surface area contributed by atoms with Crippen LogP contribution in [0.2, 0.25) is 5.02 Å². The average Bonchev–Trinajstić information content (AvgIpc) is 3.30. The Hall–Kier alpha value is -3.13. The van der Waals surface area contributed by atoms with E-state index in [1.165, 1.54) is 11.7 Å². The minimum atomic E-state index is -0.389. The van der Waals surface area contributed by atoms with Crippen molar-refractivity contribution in [3.8, 4) is 11.7 Å². The lowest BCUT2D eigenvalue weighted by Crippen LogP contribution is -2.34. The van der Waals surface area contributed by atoms with Crippen LogP contribution in [0.4, 0.5) is 5.69 Å². The van der Waals surface area contributed by atoms with Crippen molar-refractivity contribution in [1.82, 2.24) is 19.3 Å². The second-order valence-electron chi connectivity index (χ2n) is 7.31. The molecule has 9 heteroatoms. The molecule has 1 N–H and O–H groups in total. The molecule has 3 aromatic rings. The average molecular weight is 428 g/mol. The highest BCUT2D eigenvalue weighted by Crippen LogP contribution is 2.27. The van der Waals surface area contributed by atoms with E-state index in [9.17, 15) is 9.59 Å². The molecule has 0 fully saturated rings. The van der Waals surface area contributed by atoms with Crippen LogP contribution in [-0.2, 0) is 24.2 Å². The molecule has 0 radical (unpaired) electrons. The van der Waals surface area contributed by atoms with Gasteiger partial charge in [0.15, 0.2) is 0 Å². The van der Waals surface area contributed by atoms with Crippen LogP contribution in [0.25, 0.3) is 5.95 Å². The number of fused-ring (bicyclic) bond motifs is 1. The summed E-state index contributed by atoms with van der Waals surface area (Å²) < 4.78 is 8.28. The fourth-order valence-corrected chi connectivity index (χ4v) is 3.94. The number of rotatable bonds is 5. The minimum Gasteiger partial charge on any atom is -0.495 e. The minimum absolute atomic E-state index is 0.201. The van der Waals surface area contributed by atoms with Gasteiger partial charge in [-0.3, -0.25) is 14.2 Å². The van der Waals surface area contributed by atoms with E-state index in [2.05, 4.69) is 10.4 Å². The zero-order chi connectivity index (χ0) is 21.4. The smallest absolute Gasteiger partial charge is 0.258 e. The van der Waals surface area contributed by atoms with Gasteiger partial charge in [-0.25, -0.2) is 9.67 Å². The molecule has 0 atom stereocenters. The molecule has 0 saturated heterocycles. The van der Waals surface area contributed by atoms with Crippen LogP contribution < -0.4 is 15.6 Å². The molecule has 156 valence electrons. The predicted molar refractivity (Wildman–Crippen MR) is 114 cm³/mol. The van der Waals surface area contributed by atoms with Crippen LogP contribution >= 0.6 is 11.6 Å². The highest BCUT2D eigenvalue weighted by atomic mass is 35.5. The number of carbonyl (C=O) groups excluding carboxylic acids is 1. The number of benzene rings is 1. The summed E-state index contributed by atoms with van der Waals surface area (Å²) in [7, 11) is 1.51. The van der Waals surface area contributed by atoms with Crippen LogP contribution in [0.15, 0.2) is 29.1 Å². The molecule has 1 aliphatic carbocycles. The summed E-state index contributed by atoms with van der Waals surface area (Å²) >= 11 is 6.05. The van der Waals surface area contributed by atoms with Gasteiger partial charge in [0.1, 0.15) is 12.3 Å². The summed E-state index contributed by atoms with van der Waals surface area (Å²) in [6.07, 6.45) is 2.30. The van der Waals surface area contributed by atoms with Crippen molar-refractivity contribution in [2.24, 2.45) is 0 Å². The Labute approximate surface area is 178 Å². The van der Waals surface area contributed by atoms with Gasteiger partial charge in [0.25, 0.3) is 5.56 Å². The molecule has 2 aromatic heterocycles. The molecule has 0 unspecified atom stereocenters. The molecule has 0 bridgehead atoms.